The molecule has 0 spiro atoms. The molecule has 0 fully saturated rings. The number of rotatable bonds is 3. The number of aliphatic carboxylic acids is 1. The zero-order valence-corrected chi connectivity index (χ0v) is 11.5. The van der Waals surface area contributed by atoms with Crippen molar-refractivity contribution >= 4 is 29.2 Å². The molecule has 2 rings (SSSR count). The molecule has 2 aromatic rings. The van der Waals surface area contributed by atoms with E-state index in [0.29, 0.717) is 5.02 Å². The Bertz CT molecular complexity index is 673. The van der Waals surface area contributed by atoms with Crippen molar-refractivity contribution in [3.8, 4) is 11.1 Å². The molecule has 0 heterocycles. The third-order valence-corrected chi connectivity index (χ3v) is 3.34. The maximum Gasteiger partial charge on any atom is 0.337 e. The molecule has 1 atom stereocenters. The summed E-state index contributed by atoms with van der Waals surface area (Å²) in [5.41, 5.74) is 0.0733. The van der Waals surface area contributed by atoms with Gasteiger partial charge in [-0.25, -0.2) is 9.18 Å². The van der Waals surface area contributed by atoms with Crippen molar-refractivity contribution in [3.63, 3.8) is 0 Å². The van der Waals surface area contributed by atoms with Crippen molar-refractivity contribution in [1.82, 2.24) is 0 Å². The first-order valence-corrected chi connectivity index (χ1v) is 6.32. The van der Waals surface area contributed by atoms with Gasteiger partial charge in [-0.05, 0) is 24.3 Å². The summed E-state index contributed by atoms with van der Waals surface area (Å²) in [5.74, 6) is -2.16. The van der Waals surface area contributed by atoms with Crippen LogP contribution in [0.2, 0.25) is 10.0 Å². The second-order valence-corrected chi connectivity index (χ2v) is 4.91. The SMILES string of the molecule is O=C(O)C(O)c1cccc(F)c1-c1cc(Cl)ccc1Cl. The Morgan fingerprint density at radius 3 is 2.55 bits per heavy atom. The van der Waals surface area contributed by atoms with Crippen molar-refractivity contribution in [2.75, 3.05) is 0 Å². The Morgan fingerprint density at radius 2 is 1.90 bits per heavy atom. The summed E-state index contributed by atoms with van der Waals surface area (Å²) in [6.07, 6.45) is -1.85. The number of aliphatic hydroxyl groups is 1. The van der Waals surface area contributed by atoms with E-state index in [1.54, 1.807) is 0 Å². The summed E-state index contributed by atoms with van der Waals surface area (Å²) in [7, 11) is 0. The van der Waals surface area contributed by atoms with Gasteiger partial charge in [-0.1, -0.05) is 35.3 Å². The highest BCUT2D eigenvalue weighted by molar-refractivity contribution is 6.35. The van der Waals surface area contributed by atoms with Gasteiger partial charge < -0.3 is 10.2 Å². The average Bonchev–Trinajstić information content (AvgIpc) is 2.40. The van der Waals surface area contributed by atoms with Crippen LogP contribution < -0.4 is 0 Å². The highest BCUT2D eigenvalue weighted by Gasteiger charge is 2.23. The Morgan fingerprint density at radius 1 is 1.20 bits per heavy atom. The summed E-state index contributed by atoms with van der Waals surface area (Å²) in [6, 6.07) is 8.22. The molecule has 104 valence electrons. The number of aliphatic hydroxyl groups excluding tert-OH is 1. The average molecular weight is 315 g/mol. The van der Waals surface area contributed by atoms with Gasteiger partial charge in [-0.15, -0.1) is 0 Å². The smallest absolute Gasteiger partial charge is 0.337 e. The molecule has 0 amide bonds. The number of carboxylic acid groups (broad SMARTS) is 1. The first-order chi connectivity index (χ1) is 9.41. The fourth-order valence-electron chi connectivity index (χ4n) is 1.87. The Balaban J connectivity index is 2.73. The van der Waals surface area contributed by atoms with E-state index in [0.717, 1.165) is 6.07 Å². The van der Waals surface area contributed by atoms with E-state index < -0.39 is 17.9 Å². The summed E-state index contributed by atoms with van der Waals surface area (Å²) in [4.78, 5) is 10.9. The molecule has 0 aliphatic carbocycles. The first-order valence-electron chi connectivity index (χ1n) is 5.56. The molecule has 0 radical (unpaired) electrons. The highest BCUT2D eigenvalue weighted by atomic mass is 35.5. The van der Waals surface area contributed by atoms with Crippen LogP contribution in [-0.4, -0.2) is 16.2 Å². The quantitative estimate of drug-likeness (QED) is 0.902. The van der Waals surface area contributed by atoms with Gasteiger partial charge in [-0.3, -0.25) is 0 Å². The van der Waals surface area contributed by atoms with Crippen LogP contribution in [0.5, 0.6) is 0 Å². The second kappa shape index (κ2) is 5.79. The van der Waals surface area contributed by atoms with Gasteiger partial charge in [0.1, 0.15) is 5.82 Å². The van der Waals surface area contributed by atoms with Crippen LogP contribution in [0.1, 0.15) is 11.7 Å². The lowest BCUT2D eigenvalue weighted by atomic mass is 9.95. The van der Waals surface area contributed by atoms with E-state index >= 15 is 0 Å². The van der Waals surface area contributed by atoms with Crippen LogP contribution >= 0.6 is 23.2 Å². The number of hydrogen-bond acceptors (Lipinski definition) is 2. The number of hydrogen-bond donors (Lipinski definition) is 2. The van der Waals surface area contributed by atoms with Crippen LogP contribution in [0, 0.1) is 5.82 Å². The fraction of sp³-hybridized carbons (Fsp3) is 0.0714. The molecule has 0 aliphatic rings. The largest absolute Gasteiger partial charge is 0.479 e. The number of carbonyl (C=O) groups is 1. The molecule has 1 unspecified atom stereocenters. The zero-order chi connectivity index (χ0) is 14.9. The zero-order valence-electron chi connectivity index (χ0n) is 9.98. The van der Waals surface area contributed by atoms with E-state index in [2.05, 4.69) is 0 Å². The van der Waals surface area contributed by atoms with E-state index in [-0.39, 0.29) is 21.7 Å². The predicted molar refractivity (Wildman–Crippen MR) is 74.5 cm³/mol. The number of halogens is 3. The fourth-order valence-corrected chi connectivity index (χ4v) is 2.26. The van der Waals surface area contributed by atoms with E-state index in [9.17, 15) is 14.3 Å². The van der Waals surface area contributed by atoms with E-state index in [1.807, 2.05) is 0 Å². The molecule has 0 aromatic heterocycles. The maximum atomic E-state index is 14.1. The summed E-state index contributed by atoms with van der Waals surface area (Å²) >= 11 is 11.9. The normalized spacial score (nSPS) is 12.2. The van der Waals surface area contributed by atoms with E-state index in [4.69, 9.17) is 28.3 Å². The van der Waals surface area contributed by atoms with Gasteiger partial charge >= 0.3 is 5.97 Å². The molecular weight excluding hydrogens is 306 g/mol. The Hall–Kier alpha value is -1.62. The van der Waals surface area contributed by atoms with Crippen LogP contribution in [0.4, 0.5) is 4.39 Å². The van der Waals surface area contributed by atoms with Gasteiger partial charge in [-0.2, -0.15) is 0 Å². The molecule has 0 aliphatic heterocycles. The van der Waals surface area contributed by atoms with Crippen molar-refractivity contribution in [2.45, 2.75) is 6.10 Å². The molecule has 0 saturated carbocycles. The molecular formula is C14H9Cl2FO3. The molecule has 6 heteroatoms. The molecule has 2 N–H and O–H groups in total. The third kappa shape index (κ3) is 2.77. The Kier molecular flexibility index (Phi) is 4.28. The van der Waals surface area contributed by atoms with E-state index in [1.165, 1.54) is 30.3 Å². The third-order valence-electron chi connectivity index (χ3n) is 2.77. The van der Waals surface area contributed by atoms with Crippen LogP contribution in [0.25, 0.3) is 11.1 Å². The number of carboxylic acids is 1. The monoisotopic (exact) mass is 314 g/mol. The molecule has 0 bridgehead atoms. The Labute approximate surface area is 124 Å². The first kappa shape index (κ1) is 14.8. The van der Waals surface area contributed by atoms with Gasteiger partial charge in [0.15, 0.2) is 6.10 Å². The molecule has 3 nitrogen and oxygen atoms in total. The van der Waals surface area contributed by atoms with Gasteiger partial charge in [0.05, 0.1) is 0 Å². The topological polar surface area (TPSA) is 57.5 Å². The summed E-state index contributed by atoms with van der Waals surface area (Å²) < 4.78 is 14.1. The lowest BCUT2D eigenvalue weighted by Gasteiger charge is -2.14. The van der Waals surface area contributed by atoms with Crippen LogP contribution in [0.15, 0.2) is 36.4 Å². The van der Waals surface area contributed by atoms with Crippen molar-refractivity contribution in [2.24, 2.45) is 0 Å². The molecule has 2 aromatic carbocycles. The number of benzene rings is 2. The maximum absolute atomic E-state index is 14.1. The van der Waals surface area contributed by atoms with Gasteiger partial charge in [0.25, 0.3) is 0 Å². The lowest BCUT2D eigenvalue weighted by molar-refractivity contribution is -0.146. The minimum Gasteiger partial charge on any atom is -0.479 e. The molecule has 20 heavy (non-hydrogen) atoms. The minimum atomic E-state index is -1.85. The molecule has 0 saturated heterocycles. The van der Waals surface area contributed by atoms with Crippen molar-refractivity contribution in [1.29, 1.82) is 0 Å². The predicted octanol–water partition coefficient (Wildman–Crippen LogP) is 3.92. The van der Waals surface area contributed by atoms with Gasteiger partial charge in [0.2, 0.25) is 0 Å². The highest BCUT2D eigenvalue weighted by Crippen LogP contribution is 2.36. The van der Waals surface area contributed by atoms with Crippen LogP contribution in [-0.2, 0) is 4.79 Å². The minimum absolute atomic E-state index is 0.0742. The van der Waals surface area contributed by atoms with Crippen molar-refractivity contribution < 1.29 is 19.4 Å². The van der Waals surface area contributed by atoms with Crippen molar-refractivity contribution in [3.05, 3.63) is 57.8 Å². The standard InChI is InChI=1S/C14H9Cl2FO3/c15-7-4-5-10(16)9(6-7)12-8(13(18)14(19)20)2-1-3-11(12)17/h1-6,13,18H,(H,19,20). The second-order valence-electron chi connectivity index (χ2n) is 4.07. The van der Waals surface area contributed by atoms with Crippen LogP contribution in [0.3, 0.4) is 0 Å². The van der Waals surface area contributed by atoms with Gasteiger partial charge in [0, 0.05) is 26.7 Å². The lowest BCUT2D eigenvalue weighted by Crippen LogP contribution is -2.12. The summed E-state index contributed by atoms with van der Waals surface area (Å²) in [5, 5.41) is 19.1. The summed E-state index contributed by atoms with van der Waals surface area (Å²) in [6.45, 7) is 0.